The Morgan fingerprint density at radius 3 is 2.40 bits per heavy atom. The molecule has 0 fully saturated rings. The van der Waals surface area contributed by atoms with Crippen molar-refractivity contribution in [2.45, 2.75) is 20.8 Å². The molecule has 1 N–H and O–H groups in total. The van der Waals surface area contributed by atoms with E-state index >= 15 is 0 Å². The standard InChI is InChI=1S/C21H23N3O5S/c1-4-26-16-12-14(13-17(27-5-2)19(16)28-6-3)20-23-24-21(29-20)22-18(25)10-9-15-8-7-11-30-15/h7-13H,4-6H2,1-3H3,(H,22,24,25). The number of benzene rings is 1. The van der Waals surface area contributed by atoms with Crippen molar-refractivity contribution < 1.29 is 23.4 Å². The van der Waals surface area contributed by atoms with E-state index in [-0.39, 0.29) is 17.8 Å². The Morgan fingerprint density at radius 2 is 1.80 bits per heavy atom. The summed E-state index contributed by atoms with van der Waals surface area (Å²) in [5.41, 5.74) is 0.590. The zero-order chi connectivity index (χ0) is 21.3. The molecule has 0 saturated heterocycles. The molecule has 0 spiro atoms. The fraction of sp³-hybridized carbons (Fsp3) is 0.286. The maximum Gasteiger partial charge on any atom is 0.322 e. The minimum atomic E-state index is -0.365. The lowest BCUT2D eigenvalue weighted by molar-refractivity contribution is -0.112. The quantitative estimate of drug-likeness (QED) is 0.469. The van der Waals surface area contributed by atoms with E-state index in [1.807, 2.05) is 38.3 Å². The van der Waals surface area contributed by atoms with Gasteiger partial charge in [0.25, 0.3) is 5.91 Å². The molecule has 158 valence electrons. The van der Waals surface area contributed by atoms with Crippen LogP contribution in [0, 0.1) is 0 Å². The summed E-state index contributed by atoms with van der Waals surface area (Å²) in [4.78, 5) is 13.0. The van der Waals surface area contributed by atoms with E-state index in [1.165, 1.54) is 17.4 Å². The van der Waals surface area contributed by atoms with Crippen LogP contribution in [-0.2, 0) is 4.79 Å². The van der Waals surface area contributed by atoms with Gasteiger partial charge in [-0.2, -0.15) is 0 Å². The molecule has 0 aliphatic heterocycles. The second kappa shape index (κ2) is 10.4. The molecule has 0 atom stereocenters. The second-order valence-electron chi connectivity index (χ2n) is 5.85. The number of hydrogen-bond acceptors (Lipinski definition) is 8. The summed E-state index contributed by atoms with van der Waals surface area (Å²) in [6.45, 7) is 7.03. The van der Waals surface area contributed by atoms with Gasteiger partial charge in [-0.05, 0) is 50.4 Å². The molecule has 0 radical (unpaired) electrons. The van der Waals surface area contributed by atoms with Gasteiger partial charge in [0.1, 0.15) is 0 Å². The normalized spacial score (nSPS) is 10.9. The van der Waals surface area contributed by atoms with Gasteiger partial charge in [0.05, 0.1) is 19.8 Å². The van der Waals surface area contributed by atoms with E-state index < -0.39 is 0 Å². The van der Waals surface area contributed by atoms with Crippen LogP contribution in [0.5, 0.6) is 17.2 Å². The Labute approximate surface area is 178 Å². The van der Waals surface area contributed by atoms with E-state index in [4.69, 9.17) is 18.6 Å². The minimum absolute atomic E-state index is 0.00404. The maximum atomic E-state index is 12.1. The van der Waals surface area contributed by atoms with Crippen molar-refractivity contribution in [2.75, 3.05) is 25.1 Å². The lowest BCUT2D eigenvalue weighted by Gasteiger charge is -2.16. The topological polar surface area (TPSA) is 95.7 Å². The van der Waals surface area contributed by atoms with Gasteiger partial charge in [0, 0.05) is 16.5 Å². The molecule has 2 aromatic heterocycles. The van der Waals surface area contributed by atoms with Crippen LogP contribution < -0.4 is 19.5 Å². The third kappa shape index (κ3) is 5.38. The number of amides is 1. The van der Waals surface area contributed by atoms with E-state index in [2.05, 4.69) is 15.5 Å². The molecule has 3 rings (SSSR count). The predicted molar refractivity (Wildman–Crippen MR) is 115 cm³/mol. The second-order valence-corrected chi connectivity index (χ2v) is 6.83. The number of nitrogens with zero attached hydrogens (tertiary/aromatic N) is 2. The third-order valence-electron chi connectivity index (χ3n) is 3.75. The number of aromatic nitrogens is 2. The van der Waals surface area contributed by atoms with Crippen molar-refractivity contribution >= 4 is 29.3 Å². The van der Waals surface area contributed by atoms with Crippen LogP contribution >= 0.6 is 11.3 Å². The smallest absolute Gasteiger partial charge is 0.322 e. The molecule has 0 saturated carbocycles. The lowest BCUT2D eigenvalue weighted by atomic mass is 10.2. The van der Waals surface area contributed by atoms with Crippen molar-refractivity contribution in [3.63, 3.8) is 0 Å². The maximum absolute atomic E-state index is 12.1. The van der Waals surface area contributed by atoms with Crippen molar-refractivity contribution in [1.82, 2.24) is 10.2 Å². The summed E-state index contributed by atoms with van der Waals surface area (Å²) in [6, 6.07) is 7.31. The SMILES string of the molecule is CCOc1cc(-c2nnc(NC(=O)C=Cc3cccs3)o2)cc(OCC)c1OCC. The van der Waals surface area contributed by atoms with E-state index in [1.54, 1.807) is 18.2 Å². The number of carbonyl (C=O) groups excluding carboxylic acids is 1. The van der Waals surface area contributed by atoms with Gasteiger partial charge in [-0.25, -0.2) is 0 Å². The minimum Gasteiger partial charge on any atom is -0.490 e. The molecule has 0 bridgehead atoms. The molecule has 0 aliphatic carbocycles. The van der Waals surface area contributed by atoms with Crippen LogP contribution in [0.4, 0.5) is 6.01 Å². The monoisotopic (exact) mass is 429 g/mol. The van der Waals surface area contributed by atoms with Crippen molar-refractivity contribution in [1.29, 1.82) is 0 Å². The van der Waals surface area contributed by atoms with Gasteiger partial charge in [-0.1, -0.05) is 11.2 Å². The van der Waals surface area contributed by atoms with Crippen molar-refractivity contribution in [3.8, 4) is 28.7 Å². The van der Waals surface area contributed by atoms with Crippen molar-refractivity contribution in [2.24, 2.45) is 0 Å². The summed E-state index contributed by atoms with van der Waals surface area (Å²) in [5, 5.41) is 12.4. The first kappa shape index (κ1) is 21.4. The molecular formula is C21H23N3O5S. The summed E-state index contributed by atoms with van der Waals surface area (Å²) >= 11 is 1.54. The molecule has 0 unspecified atom stereocenters. The zero-order valence-electron chi connectivity index (χ0n) is 17.0. The van der Waals surface area contributed by atoms with Crippen LogP contribution in [0.15, 0.2) is 40.1 Å². The summed E-state index contributed by atoms with van der Waals surface area (Å²) in [7, 11) is 0. The molecule has 30 heavy (non-hydrogen) atoms. The Kier molecular flexibility index (Phi) is 7.45. The Hall–Kier alpha value is -3.33. The van der Waals surface area contributed by atoms with Gasteiger partial charge in [0.15, 0.2) is 11.5 Å². The largest absolute Gasteiger partial charge is 0.490 e. The third-order valence-corrected chi connectivity index (χ3v) is 4.59. The summed E-state index contributed by atoms with van der Waals surface area (Å²) < 4.78 is 22.7. The number of anilines is 1. The molecule has 1 aromatic carbocycles. The highest BCUT2D eigenvalue weighted by Gasteiger charge is 2.19. The number of rotatable bonds is 10. The highest BCUT2D eigenvalue weighted by molar-refractivity contribution is 7.10. The predicted octanol–water partition coefficient (Wildman–Crippen LogP) is 4.65. The number of nitrogens with one attached hydrogen (secondary N) is 1. The van der Waals surface area contributed by atoms with E-state index in [9.17, 15) is 4.79 Å². The molecular weight excluding hydrogens is 406 g/mol. The first-order chi connectivity index (χ1) is 14.6. The fourth-order valence-corrected chi connectivity index (χ4v) is 3.21. The molecule has 9 heteroatoms. The van der Waals surface area contributed by atoms with Gasteiger partial charge in [-0.3, -0.25) is 10.1 Å². The number of hydrogen-bond donors (Lipinski definition) is 1. The highest BCUT2D eigenvalue weighted by Crippen LogP contribution is 2.41. The van der Waals surface area contributed by atoms with Crippen LogP contribution in [0.3, 0.4) is 0 Å². The highest BCUT2D eigenvalue weighted by atomic mass is 32.1. The van der Waals surface area contributed by atoms with E-state index in [0.717, 1.165) is 4.88 Å². The van der Waals surface area contributed by atoms with Gasteiger partial charge in [-0.15, -0.1) is 16.4 Å². The van der Waals surface area contributed by atoms with Crippen LogP contribution in [0.25, 0.3) is 17.5 Å². The lowest BCUT2D eigenvalue weighted by Crippen LogP contribution is -2.07. The number of carbonyl (C=O) groups is 1. The zero-order valence-corrected chi connectivity index (χ0v) is 17.8. The number of ether oxygens (including phenoxy) is 3. The Balaban J connectivity index is 1.81. The van der Waals surface area contributed by atoms with E-state index in [0.29, 0.717) is 42.6 Å². The van der Waals surface area contributed by atoms with Crippen LogP contribution in [0.2, 0.25) is 0 Å². The first-order valence-corrected chi connectivity index (χ1v) is 10.4. The van der Waals surface area contributed by atoms with Crippen LogP contribution in [0.1, 0.15) is 25.6 Å². The van der Waals surface area contributed by atoms with Gasteiger partial charge in [0.2, 0.25) is 11.6 Å². The number of thiophene rings is 1. The van der Waals surface area contributed by atoms with Gasteiger partial charge < -0.3 is 18.6 Å². The Bertz CT molecular complexity index is 971. The average molecular weight is 429 g/mol. The molecule has 3 aromatic rings. The average Bonchev–Trinajstić information content (AvgIpc) is 3.41. The summed E-state index contributed by atoms with van der Waals surface area (Å²) in [6.07, 6.45) is 3.12. The molecule has 2 heterocycles. The van der Waals surface area contributed by atoms with Gasteiger partial charge >= 0.3 is 6.01 Å². The first-order valence-electron chi connectivity index (χ1n) is 9.57. The molecule has 1 amide bonds. The Morgan fingerprint density at radius 1 is 1.10 bits per heavy atom. The summed E-state index contributed by atoms with van der Waals surface area (Å²) in [5.74, 6) is 1.41. The fourth-order valence-electron chi connectivity index (χ4n) is 2.59. The van der Waals surface area contributed by atoms with Crippen LogP contribution in [-0.4, -0.2) is 35.9 Å². The van der Waals surface area contributed by atoms with Crippen molar-refractivity contribution in [3.05, 3.63) is 40.6 Å². The molecule has 0 aliphatic rings. The molecule has 8 nitrogen and oxygen atoms in total.